The summed E-state index contributed by atoms with van der Waals surface area (Å²) >= 11 is 0. The summed E-state index contributed by atoms with van der Waals surface area (Å²) in [5, 5.41) is 0. The fourth-order valence-electron chi connectivity index (χ4n) is 2.28. The van der Waals surface area contributed by atoms with Gasteiger partial charge in [-0.3, -0.25) is 0 Å². The molecule has 0 saturated carbocycles. The Bertz CT molecular complexity index is 581. The summed E-state index contributed by atoms with van der Waals surface area (Å²) in [5.41, 5.74) is 10.3. The van der Waals surface area contributed by atoms with Crippen LogP contribution in [0, 0.1) is 6.92 Å². The van der Waals surface area contributed by atoms with Gasteiger partial charge in [0.15, 0.2) is 0 Å². The second-order valence-corrected chi connectivity index (χ2v) is 4.87. The van der Waals surface area contributed by atoms with Crippen LogP contribution < -0.4 is 15.4 Å². The highest BCUT2D eigenvalue weighted by Crippen LogP contribution is 2.28. The zero-order valence-corrected chi connectivity index (χ0v) is 12.4. The van der Waals surface area contributed by atoms with Gasteiger partial charge in [-0.25, -0.2) is 0 Å². The number of hydrogen-bond acceptors (Lipinski definition) is 3. The molecule has 0 aromatic heterocycles. The van der Waals surface area contributed by atoms with Crippen LogP contribution in [0.3, 0.4) is 0 Å². The van der Waals surface area contributed by atoms with Gasteiger partial charge in [0.05, 0.1) is 12.8 Å². The van der Waals surface area contributed by atoms with Crippen molar-refractivity contribution in [2.45, 2.75) is 20.4 Å². The molecule has 2 N–H and O–H groups in total. The number of ether oxygens (including phenoxy) is 1. The third-order valence-corrected chi connectivity index (χ3v) is 3.59. The van der Waals surface area contributed by atoms with E-state index in [1.54, 1.807) is 7.11 Å². The fourth-order valence-corrected chi connectivity index (χ4v) is 2.28. The number of hydrogen-bond donors (Lipinski definition) is 1. The zero-order chi connectivity index (χ0) is 14.5. The molecule has 0 bridgehead atoms. The lowest BCUT2D eigenvalue weighted by Crippen LogP contribution is -2.22. The Hall–Kier alpha value is -2.16. The Kier molecular flexibility index (Phi) is 4.51. The molecule has 0 atom stereocenters. The zero-order valence-electron chi connectivity index (χ0n) is 12.4. The van der Waals surface area contributed by atoms with Gasteiger partial charge in [0.2, 0.25) is 0 Å². The molecule has 0 fully saturated rings. The molecule has 0 amide bonds. The molecular formula is C17H22N2O. The van der Waals surface area contributed by atoms with Gasteiger partial charge in [0.25, 0.3) is 0 Å². The lowest BCUT2D eigenvalue weighted by Gasteiger charge is -2.25. The van der Waals surface area contributed by atoms with Gasteiger partial charge in [-0.1, -0.05) is 24.3 Å². The Morgan fingerprint density at radius 3 is 2.55 bits per heavy atom. The fraction of sp³-hybridized carbons (Fsp3) is 0.294. The molecule has 20 heavy (non-hydrogen) atoms. The molecule has 0 aliphatic rings. The predicted octanol–water partition coefficient (Wildman–Crippen LogP) is 3.61. The first-order chi connectivity index (χ1) is 9.65. The molecule has 0 saturated heterocycles. The maximum absolute atomic E-state index is 5.87. The van der Waals surface area contributed by atoms with Crippen LogP contribution in [0.2, 0.25) is 0 Å². The van der Waals surface area contributed by atoms with Gasteiger partial charge in [-0.15, -0.1) is 0 Å². The summed E-state index contributed by atoms with van der Waals surface area (Å²) in [7, 11) is 1.65. The molecule has 0 unspecified atom stereocenters. The third-order valence-electron chi connectivity index (χ3n) is 3.59. The first-order valence-electron chi connectivity index (χ1n) is 6.88. The predicted molar refractivity (Wildman–Crippen MR) is 85.3 cm³/mol. The third kappa shape index (κ3) is 3.05. The number of anilines is 2. The SMILES string of the molecule is CCN(Cc1ccccc1C)c1ccc(N)c(OC)c1. The highest BCUT2D eigenvalue weighted by molar-refractivity contribution is 5.62. The minimum absolute atomic E-state index is 0.670. The molecule has 0 heterocycles. The van der Waals surface area contributed by atoms with Gasteiger partial charge >= 0.3 is 0 Å². The first-order valence-corrected chi connectivity index (χ1v) is 6.88. The van der Waals surface area contributed by atoms with Crippen LogP contribution in [0.25, 0.3) is 0 Å². The van der Waals surface area contributed by atoms with Crippen LogP contribution in [-0.4, -0.2) is 13.7 Å². The van der Waals surface area contributed by atoms with Gasteiger partial charge < -0.3 is 15.4 Å². The number of nitrogen functional groups attached to an aromatic ring is 1. The molecule has 2 aromatic carbocycles. The van der Waals surface area contributed by atoms with Crippen molar-refractivity contribution in [3.05, 3.63) is 53.6 Å². The normalized spacial score (nSPS) is 10.3. The molecule has 0 aliphatic carbocycles. The average Bonchev–Trinajstić information content (AvgIpc) is 2.47. The summed E-state index contributed by atoms with van der Waals surface area (Å²) < 4.78 is 5.30. The van der Waals surface area contributed by atoms with Crippen molar-refractivity contribution in [1.82, 2.24) is 0 Å². The Labute approximate surface area is 121 Å². The van der Waals surface area contributed by atoms with E-state index in [-0.39, 0.29) is 0 Å². The average molecular weight is 270 g/mol. The summed E-state index contributed by atoms with van der Waals surface area (Å²) in [4.78, 5) is 2.31. The molecule has 3 heteroatoms. The number of benzene rings is 2. The van der Waals surface area contributed by atoms with Crippen LogP contribution in [0.1, 0.15) is 18.1 Å². The molecule has 2 rings (SSSR count). The molecule has 0 aliphatic heterocycles. The van der Waals surface area contributed by atoms with Crippen molar-refractivity contribution in [3.63, 3.8) is 0 Å². The molecular weight excluding hydrogens is 248 g/mol. The standard InChI is InChI=1S/C17H22N2O/c1-4-19(12-14-8-6-5-7-13(14)2)15-9-10-16(18)17(11-15)20-3/h5-11H,4,12,18H2,1-3H3. The summed E-state index contributed by atoms with van der Waals surface area (Å²) in [6, 6.07) is 14.4. The van der Waals surface area contributed by atoms with E-state index in [1.807, 2.05) is 18.2 Å². The lowest BCUT2D eigenvalue weighted by atomic mass is 10.1. The molecule has 3 nitrogen and oxygen atoms in total. The van der Waals surface area contributed by atoms with Crippen LogP contribution in [-0.2, 0) is 6.54 Å². The molecule has 106 valence electrons. The van der Waals surface area contributed by atoms with E-state index in [4.69, 9.17) is 10.5 Å². The summed E-state index contributed by atoms with van der Waals surface area (Å²) in [5.74, 6) is 0.728. The van der Waals surface area contributed by atoms with E-state index in [9.17, 15) is 0 Å². The number of aryl methyl sites for hydroxylation is 1. The van der Waals surface area contributed by atoms with Crippen molar-refractivity contribution in [2.24, 2.45) is 0 Å². The number of methoxy groups -OCH3 is 1. The minimum atomic E-state index is 0.670. The van der Waals surface area contributed by atoms with E-state index >= 15 is 0 Å². The second kappa shape index (κ2) is 6.33. The monoisotopic (exact) mass is 270 g/mol. The van der Waals surface area contributed by atoms with Crippen molar-refractivity contribution in [2.75, 3.05) is 24.3 Å². The van der Waals surface area contributed by atoms with Crippen molar-refractivity contribution in [3.8, 4) is 5.75 Å². The molecule has 0 radical (unpaired) electrons. The van der Waals surface area contributed by atoms with Crippen LogP contribution >= 0.6 is 0 Å². The van der Waals surface area contributed by atoms with Crippen molar-refractivity contribution < 1.29 is 4.74 Å². The highest BCUT2D eigenvalue weighted by Gasteiger charge is 2.09. The maximum Gasteiger partial charge on any atom is 0.143 e. The smallest absolute Gasteiger partial charge is 0.143 e. The Balaban J connectivity index is 2.26. The van der Waals surface area contributed by atoms with E-state index in [0.29, 0.717) is 5.69 Å². The van der Waals surface area contributed by atoms with Crippen LogP contribution in [0.4, 0.5) is 11.4 Å². The van der Waals surface area contributed by atoms with Crippen LogP contribution in [0.5, 0.6) is 5.75 Å². The van der Waals surface area contributed by atoms with E-state index in [2.05, 4.69) is 43.0 Å². The maximum atomic E-state index is 5.87. The summed E-state index contributed by atoms with van der Waals surface area (Å²) in [6.07, 6.45) is 0. The van der Waals surface area contributed by atoms with Gasteiger partial charge in [0.1, 0.15) is 5.75 Å². The first kappa shape index (κ1) is 14.3. The van der Waals surface area contributed by atoms with Gasteiger partial charge in [-0.2, -0.15) is 0 Å². The number of nitrogens with zero attached hydrogens (tertiary/aromatic N) is 1. The van der Waals surface area contributed by atoms with E-state index < -0.39 is 0 Å². The van der Waals surface area contributed by atoms with E-state index in [1.165, 1.54) is 11.1 Å². The Morgan fingerprint density at radius 1 is 1.15 bits per heavy atom. The lowest BCUT2D eigenvalue weighted by molar-refractivity contribution is 0.417. The van der Waals surface area contributed by atoms with Gasteiger partial charge in [-0.05, 0) is 37.1 Å². The largest absolute Gasteiger partial charge is 0.495 e. The van der Waals surface area contributed by atoms with Crippen molar-refractivity contribution in [1.29, 1.82) is 0 Å². The van der Waals surface area contributed by atoms with Gasteiger partial charge in [0, 0.05) is 24.8 Å². The van der Waals surface area contributed by atoms with E-state index in [0.717, 1.165) is 24.5 Å². The number of rotatable bonds is 5. The van der Waals surface area contributed by atoms with Crippen molar-refractivity contribution >= 4 is 11.4 Å². The molecule has 0 spiro atoms. The summed E-state index contributed by atoms with van der Waals surface area (Å²) in [6.45, 7) is 6.12. The quantitative estimate of drug-likeness (QED) is 0.843. The van der Waals surface area contributed by atoms with Crippen LogP contribution in [0.15, 0.2) is 42.5 Å². The highest BCUT2D eigenvalue weighted by atomic mass is 16.5. The molecule has 2 aromatic rings. The number of nitrogens with two attached hydrogens (primary N) is 1. The second-order valence-electron chi connectivity index (χ2n) is 4.87. The minimum Gasteiger partial charge on any atom is -0.495 e. The Morgan fingerprint density at radius 2 is 1.90 bits per heavy atom. The topological polar surface area (TPSA) is 38.5 Å².